The molecule has 1 aromatic carbocycles. The first kappa shape index (κ1) is 24.1. The number of methoxy groups -OCH3 is 1. The van der Waals surface area contributed by atoms with Gasteiger partial charge in [0.2, 0.25) is 0 Å². The van der Waals surface area contributed by atoms with Crippen molar-refractivity contribution < 1.29 is 23.5 Å². The number of cyclic esters (lactones) is 1. The van der Waals surface area contributed by atoms with Crippen molar-refractivity contribution in [2.45, 2.75) is 6.10 Å². The monoisotopic (exact) mass is 551 g/mol. The standard InChI is InChI=1S/C22H23BrFN5O4S/c1-32-21(34)26-12-17-13-29(22(31)33-17)16-2-3-19(18(24)9-16)27-4-6-28(7-5-27)20(30)14-8-15(23)11-25-10-14/h2-3,8-11,17H,4-7,12-13H2,1H3,(H,26,34). The third-order valence-corrected chi connectivity index (χ3v) is 6.38. The van der Waals surface area contributed by atoms with E-state index in [0.29, 0.717) is 49.7 Å². The van der Waals surface area contributed by atoms with Gasteiger partial charge in [-0.15, -0.1) is 0 Å². The molecule has 1 atom stereocenters. The molecule has 34 heavy (non-hydrogen) atoms. The second-order valence-electron chi connectivity index (χ2n) is 7.80. The lowest BCUT2D eigenvalue weighted by Crippen LogP contribution is -2.49. The Morgan fingerprint density at radius 3 is 2.74 bits per heavy atom. The normalized spacial score (nSPS) is 18.0. The molecule has 4 rings (SSSR count). The molecule has 1 aromatic heterocycles. The van der Waals surface area contributed by atoms with Crippen LogP contribution in [0.2, 0.25) is 0 Å². The van der Waals surface area contributed by atoms with Crippen LogP contribution in [0, 0.1) is 5.82 Å². The summed E-state index contributed by atoms with van der Waals surface area (Å²) in [6.45, 7) is 2.47. The maximum Gasteiger partial charge on any atom is 0.414 e. The van der Waals surface area contributed by atoms with E-state index in [4.69, 9.17) is 21.7 Å². The van der Waals surface area contributed by atoms with Crippen molar-refractivity contribution in [2.24, 2.45) is 0 Å². The Labute approximate surface area is 209 Å². The SMILES string of the molecule is COC(=S)NCC1CN(c2ccc(N3CCN(C(=O)c4cncc(Br)c4)CC3)c(F)c2)C(=O)O1. The first-order valence-electron chi connectivity index (χ1n) is 10.6. The number of rotatable bonds is 5. The number of nitrogens with one attached hydrogen (secondary N) is 1. The van der Waals surface area contributed by atoms with Crippen LogP contribution < -0.4 is 15.1 Å². The Kier molecular flexibility index (Phi) is 7.47. The Bertz CT molecular complexity index is 1100. The second-order valence-corrected chi connectivity index (χ2v) is 9.08. The first-order valence-corrected chi connectivity index (χ1v) is 11.8. The fourth-order valence-electron chi connectivity index (χ4n) is 3.89. The van der Waals surface area contributed by atoms with E-state index in [1.807, 2.05) is 4.90 Å². The second kappa shape index (κ2) is 10.5. The van der Waals surface area contributed by atoms with Gasteiger partial charge in [0.1, 0.15) is 11.9 Å². The van der Waals surface area contributed by atoms with E-state index in [1.165, 1.54) is 24.3 Å². The quantitative estimate of drug-likeness (QED) is 0.567. The van der Waals surface area contributed by atoms with E-state index in [1.54, 1.807) is 29.3 Å². The molecule has 2 aromatic rings. The average molecular weight is 552 g/mol. The minimum absolute atomic E-state index is 0.105. The van der Waals surface area contributed by atoms with E-state index in [-0.39, 0.29) is 17.6 Å². The Balaban J connectivity index is 1.36. The molecule has 2 aliphatic heterocycles. The van der Waals surface area contributed by atoms with Crippen LogP contribution in [0.1, 0.15) is 10.4 Å². The average Bonchev–Trinajstić information content (AvgIpc) is 3.22. The molecule has 2 amide bonds. The minimum atomic E-state index is -0.545. The van der Waals surface area contributed by atoms with Gasteiger partial charge in [0.15, 0.2) is 0 Å². The summed E-state index contributed by atoms with van der Waals surface area (Å²) in [6, 6.07) is 6.41. The van der Waals surface area contributed by atoms with Crippen LogP contribution in [0.3, 0.4) is 0 Å². The van der Waals surface area contributed by atoms with Crippen molar-refractivity contribution >= 4 is 56.7 Å². The molecule has 12 heteroatoms. The molecule has 2 fully saturated rings. The number of anilines is 2. The number of amides is 2. The number of hydrogen-bond acceptors (Lipinski definition) is 7. The predicted octanol–water partition coefficient (Wildman–Crippen LogP) is 2.79. The van der Waals surface area contributed by atoms with Gasteiger partial charge in [0.05, 0.1) is 37.1 Å². The number of carbonyl (C=O) groups is 2. The minimum Gasteiger partial charge on any atom is -0.474 e. The number of halogens is 2. The molecule has 3 heterocycles. The lowest BCUT2D eigenvalue weighted by molar-refractivity contribution is 0.0746. The number of piperazine rings is 1. The summed E-state index contributed by atoms with van der Waals surface area (Å²) in [4.78, 5) is 34.0. The fourth-order valence-corrected chi connectivity index (χ4v) is 4.34. The summed E-state index contributed by atoms with van der Waals surface area (Å²) in [7, 11) is 1.45. The number of nitrogens with zero attached hydrogens (tertiary/aromatic N) is 4. The van der Waals surface area contributed by atoms with E-state index >= 15 is 4.39 Å². The number of aromatic nitrogens is 1. The van der Waals surface area contributed by atoms with E-state index in [2.05, 4.69) is 26.2 Å². The lowest BCUT2D eigenvalue weighted by atomic mass is 10.2. The van der Waals surface area contributed by atoms with E-state index in [0.717, 1.165) is 4.47 Å². The van der Waals surface area contributed by atoms with Crippen LogP contribution in [0.5, 0.6) is 0 Å². The molecular formula is C22H23BrFN5O4S. The Hall–Kier alpha value is -2.99. The topological polar surface area (TPSA) is 87.2 Å². The highest BCUT2D eigenvalue weighted by atomic mass is 79.9. The predicted molar refractivity (Wildman–Crippen MR) is 132 cm³/mol. The van der Waals surface area contributed by atoms with Gasteiger partial charge < -0.3 is 24.6 Å². The summed E-state index contributed by atoms with van der Waals surface area (Å²) >= 11 is 8.25. The van der Waals surface area contributed by atoms with Crippen LogP contribution in [0.4, 0.5) is 20.6 Å². The van der Waals surface area contributed by atoms with Crippen LogP contribution in [-0.4, -0.2) is 79.5 Å². The highest BCUT2D eigenvalue weighted by Gasteiger charge is 2.33. The summed E-state index contributed by atoms with van der Waals surface area (Å²) in [6.07, 6.45) is 2.18. The molecule has 2 aliphatic rings. The van der Waals surface area contributed by atoms with Crippen molar-refractivity contribution in [3.05, 3.63) is 52.5 Å². The number of thiocarbonyl (C=S) groups is 1. The maximum absolute atomic E-state index is 15.0. The third-order valence-electron chi connectivity index (χ3n) is 5.64. The smallest absolute Gasteiger partial charge is 0.414 e. The van der Waals surface area contributed by atoms with Gasteiger partial charge in [-0.2, -0.15) is 0 Å². The van der Waals surface area contributed by atoms with Crippen molar-refractivity contribution in [1.82, 2.24) is 15.2 Å². The summed E-state index contributed by atoms with van der Waals surface area (Å²) in [5.74, 6) is -0.546. The maximum atomic E-state index is 15.0. The number of benzene rings is 1. The largest absolute Gasteiger partial charge is 0.474 e. The Morgan fingerprint density at radius 1 is 1.29 bits per heavy atom. The molecule has 1 unspecified atom stereocenters. The summed E-state index contributed by atoms with van der Waals surface area (Å²) in [5, 5.41) is 3.05. The third kappa shape index (κ3) is 5.39. The molecular weight excluding hydrogens is 529 g/mol. The van der Waals surface area contributed by atoms with Crippen molar-refractivity contribution in [3.8, 4) is 0 Å². The highest BCUT2D eigenvalue weighted by molar-refractivity contribution is 9.10. The van der Waals surface area contributed by atoms with Crippen molar-refractivity contribution in [1.29, 1.82) is 0 Å². The molecule has 1 N–H and O–H groups in total. The first-order chi connectivity index (χ1) is 16.4. The zero-order chi connectivity index (χ0) is 24.2. The van der Waals surface area contributed by atoms with Gasteiger partial charge in [-0.05, 0) is 52.4 Å². The zero-order valence-corrected chi connectivity index (χ0v) is 20.8. The molecule has 180 valence electrons. The molecule has 0 aliphatic carbocycles. The lowest BCUT2D eigenvalue weighted by Gasteiger charge is -2.36. The van der Waals surface area contributed by atoms with Crippen LogP contribution in [0.25, 0.3) is 0 Å². The van der Waals surface area contributed by atoms with Crippen molar-refractivity contribution in [2.75, 3.05) is 56.2 Å². The molecule has 0 saturated carbocycles. The van der Waals surface area contributed by atoms with Crippen LogP contribution in [-0.2, 0) is 9.47 Å². The number of carbonyl (C=O) groups excluding carboxylic acids is 2. The molecule has 2 saturated heterocycles. The Morgan fingerprint density at radius 2 is 2.06 bits per heavy atom. The molecule has 9 nitrogen and oxygen atoms in total. The van der Waals surface area contributed by atoms with Crippen LogP contribution >= 0.6 is 28.1 Å². The number of ether oxygens (including phenoxy) is 2. The molecule has 0 spiro atoms. The van der Waals surface area contributed by atoms with Crippen LogP contribution in [0.15, 0.2) is 41.1 Å². The van der Waals surface area contributed by atoms with Gasteiger partial charge in [0.25, 0.3) is 11.1 Å². The van der Waals surface area contributed by atoms with Gasteiger partial charge >= 0.3 is 6.09 Å². The molecule has 0 radical (unpaired) electrons. The van der Waals surface area contributed by atoms with Gasteiger partial charge in [0, 0.05) is 43.0 Å². The van der Waals surface area contributed by atoms with E-state index in [9.17, 15) is 9.59 Å². The highest BCUT2D eigenvalue weighted by Crippen LogP contribution is 2.28. The van der Waals surface area contributed by atoms with Gasteiger partial charge in [-0.25, -0.2) is 9.18 Å². The zero-order valence-electron chi connectivity index (χ0n) is 18.4. The fraction of sp³-hybridized carbons (Fsp3) is 0.364. The summed E-state index contributed by atoms with van der Waals surface area (Å²) in [5.41, 5.74) is 1.35. The van der Waals surface area contributed by atoms with E-state index < -0.39 is 18.0 Å². The van der Waals surface area contributed by atoms with Gasteiger partial charge in [-0.1, -0.05) is 0 Å². The summed E-state index contributed by atoms with van der Waals surface area (Å²) < 4.78 is 25.9. The number of pyridine rings is 1. The van der Waals surface area contributed by atoms with Gasteiger partial charge in [-0.3, -0.25) is 14.7 Å². The molecule has 0 bridgehead atoms. The van der Waals surface area contributed by atoms with Crippen molar-refractivity contribution in [3.63, 3.8) is 0 Å². The number of hydrogen-bond donors (Lipinski definition) is 1.